The van der Waals surface area contributed by atoms with Gasteiger partial charge in [0.25, 0.3) is 0 Å². The van der Waals surface area contributed by atoms with Gasteiger partial charge in [-0.25, -0.2) is 29.3 Å². The number of carbonyl (C=O) groups excluding carboxylic acids is 3. The number of methoxy groups -OCH3 is 3. The monoisotopic (exact) mass is 954 g/mol. The smallest absolute Gasteiger partial charge is 0.335 e. The van der Waals surface area contributed by atoms with E-state index in [1.54, 1.807) is 57.7 Å². The van der Waals surface area contributed by atoms with Gasteiger partial charge in [0.1, 0.15) is 85.1 Å². The van der Waals surface area contributed by atoms with E-state index < -0.39 is 17.9 Å². The first kappa shape index (κ1) is 45.7. The van der Waals surface area contributed by atoms with Gasteiger partial charge in [-0.3, -0.25) is 13.7 Å². The zero-order chi connectivity index (χ0) is 50.0. The van der Waals surface area contributed by atoms with Gasteiger partial charge >= 0.3 is 17.9 Å². The van der Waals surface area contributed by atoms with Crippen molar-refractivity contribution in [2.75, 3.05) is 21.3 Å². The number of rotatable bonds is 15. The number of fused-ring (bicyclic) bond motifs is 6. The van der Waals surface area contributed by atoms with Gasteiger partial charge in [0, 0.05) is 52.0 Å². The van der Waals surface area contributed by atoms with Crippen molar-refractivity contribution in [1.82, 2.24) is 28.7 Å². The molecule has 0 atom stereocenters. The van der Waals surface area contributed by atoms with E-state index in [0.717, 1.165) is 34.9 Å². The molecule has 0 N–H and O–H groups in total. The Bertz CT molecular complexity index is 3320. The van der Waals surface area contributed by atoms with E-state index in [1.807, 2.05) is 123 Å². The maximum Gasteiger partial charge on any atom is 0.335 e. The molecule has 3 heterocycles. The predicted molar refractivity (Wildman–Crippen MR) is 274 cm³/mol. The molecule has 15 heteroatoms. The molecule has 0 saturated heterocycles. The molecule has 0 aliphatic carbocycles. The topological polar surface area (TPSA) is 160 Å². The Kier molecular flexibility index (Phi) is 12.2. The Morgan fingerprint density at radius 2 is 0.583 bits per heavy atom. The van der Waals surface area contributed by atoms with E-state index in [0.29, 0.717) is 102 Å². The molecule has 3 aromatic heterocycles. The Balaban J connectivity index is 1.41. The number of esters is 3. The van der Waals surface area contributed by atoms with E-state index in [2.05, 4.69) is 19.7 Å². The molecule has 354 valence electrons. The molecular formula is C57H42N6O9. The summed E-state index contributed by atoms with van der Waals surface area (Å²) in [7, 11) is 4.82. The summed E-state index contributed by atoms with van der Waals surface area (Å²) in [5.41, 5.74) is 7.57. The Labute approximate surface area is 411 Å². The van der Waals surface area contributed by atoms with Gasteiger partial charge in [-0.1, -0.05) is 19.7 Å². The summed E-state index contributed by atoms with van der Waals surface area (Å²) in [5.74, 6) is 2.69. The highest BCUT2D eigenvalue weighted by Gasteiger charge is 2.31. The Morgan fingerprint density at radius 1 is 0.361 bits per heavy atom. The van der Waals surface area contributed by atoms with E-state index >= 15 is 0 Å². The molecule has 0 saturated carbocycles. The SMILES string of the molecule is C=CC(=O)Oc1ccc(-n2c(-c3ccc(OC)cc3)nc3c2c2nc(-c4ccc(OC)cc4)n(-c4ccc(OC(=O)C=C)cc4)c2c2nc(-c4ccc(OC)cc4)n(-c4ccc(OC(=O)C=C)cc4)c32)cc1. The van der Waals surface area contributed by atoms with Crippen LogP contribution in [0.1, 0.15) is 0 Å². The fourth-order valence-electron chi connectivity index (χ4n) is 8.43. The van der Waals surface area contributed by atoms with Gasteiger partial charge in [-0.05, 0) is 146 Å². The highest BCUT2D eigenvalue weighted by molar-refractivity contribution is 6.22. The molecule has 15 nitrogen and oxygen atoms in total. The standard InChI is InChI=1S/C57H42N6O9/c1-7-46(64)70-43-28-16-37(17-29-43)61-52-49(58-55(61)34-10-22-40(67-4)23-11-34)53-51(60-57(36-14-26-42(69-6)27-15-36)62(53)38-18-30-44(31-19-38)71-47(65)8-2)54-50(52)59-56(35-12-24-41(68-5)25-13-35)63(54)39-20-32-45(33-21-39)72-48(66)9-3/h7-33H,1-3H2,4-6H3. The lowest BCUT2D eigenvalue weighted by Crippen LogP contribution is -2.04. The number of ether oxygens (including phenoxy) is 6. The quantitative estimate of drug-likeness (QED) is 0.0544. The second-order valence-electron chi connectivity index (χ2n) is 15.9. The molecule has 0 unspecified atom stereocenters. The maximum atomic E-state index is 12.3. The van der Waals surface area contributed by atoms with Crippen LogP contribution in [0.2, 0.25) is 0 Å². The van der Waals surface area contributed by atoms with E-state index in [4.69, 9.17) is 43.4 Å². The van der Waals surface area contributed by atoms with Gasteiger partial charge in [-0.15, -0.1) is 0 Å². The molecular weight excluding hydrogens is 913 g/mol. The summed E-state index contributed by atoms with van der Waals surface area (Å²) in [6.07, 6.45) is 3.30. The molecule has 0 bridgehead atoms. The average molecular weight is 955 g/mol. The van der Waals surface area contributed by atoms with Crippen molar-refractivity contribution < 1.29 is 42.8 Å². The molecule has 0 radical (unpaired) electrons. The van der Waals surface area contributed by atoms with Crippen molar-refractivity contribution in [3.8, 4) is 85.7 Å². The minimum Gasteiger partial charge on any atom is -0.497 e. The number of benzene rings is 7. The van der Waals surface area contributed by atoms with Crippen molar-refractivity contribution in [1.29, 1.82) is 0 Å². The van der Waals surface area contributed by atoms with Crippen LogP contribution in [-0.4, -0.2) is 67.9 Å². The zero-order valence-corrected chi connectivity index (χ0v) is 39.1. The first-order chi connectivity index (χ1) is 35.1. The highest BCUT2D eigenvalue weighted by Crippen LogP contribution is 2.45. The highest BCUT2D eigenvalue weighted by atomic mass is 16.5. The Morgan fingerprint density at radius 3 is 0.792 bits per heavy atom. The van der Waals surface area contributed by atoms with Crippen molar-refractivity contribution in [3.05, 3.63) is 184 Å². The van der Waals surface area contributed by atoms with Crippen molar-refractivity contribution in [2.45, 2.75) is 0 Å². The third-order valence-corrected chi connectivity index (χ3v) is 11.8. The summed E-state index contributed by atoms with van der Waals surface area (Å²) >= 11 is 0. The van der Waals surface area contributed by atoms with E-state index in [-0.39, 0.29) is 0 Å². The second-order valence-corrected chi connectivity index (χ2v) is 15.9. The van der Waals surface area contributed by atoms with Crippen LogP contribution in [-0.2, 0) is 14.4 Å². The van der Waals surface area contributed by atoms with Gasteiger partial charge in [0.05, 0.1) is 21.3 Å². The summed E-state index contributed by atoms with van der Waals surface area (Å²) in [5, 5.41) is 0. The molecule has 0 aliphatic rings. The molecule has 72 heavy (non-hydrogen) atoms. The molecule has 0 amide bonds. The van der Waals surface area contributed by atoms with Crippen LogP contribution in [0.15, 0.2) is 184 Å². The van der Waals surface area contributed by atoms with Crippen LogP contribution >= 0.6 is 0 Å². The maximum absolute atomic E-state index is 12.3. The fourth-order valence-corrected chi connectivity index (χ4v) is 8.43. The number of aromatic nitrogens is 6. The van der Waals surface area contributed by atoms with Crippen molar-refractivity contribution >= 4 is 51.0 Å². The van der Waals surface area contributed by atoms with E-state index in [1.165, 1.54) is 0 Å². The second kappa shape index (κ2) is 19.2. The van der Waals surface area contributed by atoms with Crippen LogP contribution in [0.3, 0.4) is 0 Å². The lowest BCUT2D eigenvalue weighted by atomic mass is 10.1. The van der Waals surface area contributed by atoms with Crippen LogP contribution in [0, 0.1) is 0 Å². The number of carbonyl (C=O) groups is 3. The zero-order valence-electron chi connectivity index (χ0n) is 39.1. The Hall–Kier alpha value is -10.0. The number of imidazole rings is 3. The normalized spacial score (nSPS) is 11.0. The first-order valence-electron chi connectivity index (χ1n) is 22.3. The average Bonchev–Trinajstić information content (AvgIpc) is 4.14. The summed E-state index contributed by atoms with van der Waals surface area (Å²) in [4.78, 5) is 53.7. The molecule has 10 rings (SSSR count). The first-order valence-corrected chi connectivity index (χ1v) is 22.3. The molecule has 0 spiro atoms. The fraction of sp³-hybridized carbons (Fsp3) is 0.0526. The number of hydrogen-bond donors (Lipinski definition) is 0. The lowest BCUT2D eigenvalue weighted by molar-refractivity contribution is -0.129. The van der Waals surface area contributed by atoms with Crippen LogP contribution in [0.4, 0.5) is 0 Å². The largest absolute Gasteiger partial charge is 0.497 e. The van der Waals surface area contributed by atoms with Gasteiger partial charge in [-0.2, -0.15) is 0 Å². The minimum atomic E-state index is -0.602. The summed E-state index contributed by atoms with van der Waals surface area (Å²) in [6.45, 7) is 10.6. The number of hydrogen-bond acceptors (Lipinski definition) is 12. The molecule has 7 aromatic carbocycles. The minimum absolute atomic E-state index is 0.310. The number of nitrogens with zero attached hydrogens (tertiary/aromatic N) is 6. The molecule has 0 fully saturated rings. The molecule has 10 aromatic rings. The van der Waals surface area contributed by atoms with Gasteiger partial charge < -0.3 is 28.4 Å². The summed E-state index contributed by atoms with van der Waals surface area (Å²) < 4.78 is 39.3. The van der Waals surface area contributed by atoms with Crippen molar-refractivity contribution in [3.63, 3.8) is 0 Å². The van der Waals surface area contributed by atoms with Gasteiger partial charge in [0.15, 0.2) is 0 Å². The predicted octanol–water partition coefficient (Wildman–Crippen LogP) is 11.0. The van der Waals surface area contributed by atoms with E-state index in [9.17, 15) is 14.4 Å². The summed E-state index contributed by atoms with van der Waals surface area (Å²) in [6, 6.07) is 44.0. The van der Waals surface area contributed by atoms with Crippen LogP contribution in [0.5, 0.6) is 34.5 Å². The third kappa shape index (κ3) is 8.36. The lowest BCUT2D eigenvalue weighted by Gasteiger charge is -2.13. The van der Waals surface area contributed by atoms with Crippen LogP contribution in [0.25, 0.3) is 84.3 Å². The van der Waals surface area contributed by atoms with Crippen molar-refractivity contribution in [2.24, 2.45) is 0 Å². The molecule has 0 aliphatic heterocycles. The van der Waals surface area contributed by atoms with Gasteiger partial charge in [0.2, 0.25) is 0 Å². The third-order valence-electron chi connectivity index (χ3n) is 11.8. The van der Waals surface area contributed by atoms with Crippen LogP contribution < -0.4 is 28.4 Å².